The molecule has 0 heterocycles. The minimum Gasteiger partial charge on any atom is -0.489 e. The van der Waals surface area contributed by atoms with E-state index in [0.29, 0.717) is 22.6 Å². The van der Waals surface area contributed by atoms with Gasteiger partial charge in [0.25, 0.3) is 0 Å². The van der Waals surface area contributed by atoms with Gasteiger partial charge in [-0.2, -0.15) is 13.2 Å². The number of methoxy groups -OCH3 is 1. The lowest BCUT2D eigenvalue weighted by Gasteiger charge is -2.19. The molecule has 0 spiro atoms. The Hall–Kier alpha value is -5.16. The fourth-order valence-electron chi connectivity index (χ4n) is 5.16. The lowest BCUT2D eigenvalue weighted by Crippen LogP contribution is -2.13. The van der Waals surface area contributed by atoms with Gasteiger partial charge in [0.05, 0.1) is 28.9 Å². The molecule has 49 heavy (non-hydrogen) atoms. The number of carbonyl (C=O) groups is 1. The molecule has 254 valence electrons. The largest absolute Gasteiger partial charge is 0.489 e. The Bertz CT molecular complexity index is 2040. The van der Waals surface area contributed by atoms with Crippen LogP contribution in [0.1, 0.15) is 52.4 Å². The van der Waals surface area contributed by atoms with Crippen LogP contribution in [0.5, 0.6) is 17.2 Å². The van der Waals surface area contributed by atoms with Gasteiger partial charge >= 0.3 is 12.1 Å². The van der Waals surface area contributed by atoms with Crippen LogP contribution in [-0.4, -0.2) is 21.5 Å². The van der Waals surface area contributed by atoms with E-state index in [9.17, 15) is 30.8 Å². The fraction of sp³-hybridized carbons (Fsp3) is 0.184. The molecule has 5 rings (SSSR count). The normalized spacial score (nSPS) is 11.8. The van der Waals surface area contributed by atoms with Crippen LogP contribution >= 0.6 is 0 Å². The van der Waals surface area contributed by atoms with Gasteiger partial charge < -0.3 is 14.2 Å². The third kappa shape index (κ3) is 8.66. The Morgan fingerprint density at radius 3 is 2.02 bits per heavy atom. The average Bonchev–Trinajstić information content (AvgIpc) is 3.08. The zero-order valence-electron chi connectivity index (χ0n) is 26.8. The Labute approximate surface area is 281 Å². The Kier molecular flexibility index (Phi) is 10.4. The van der Waals surface area contributed by atoms with Crippen molar-refractivity contribution in [3.05, 3.63) is 143 Å². The van der Waals surface area contributed by atoms with Crippen LogP contribution in [0.25, 0.3) is 11.1 Å². The predicted octanol–water partition coefficient (Wildman–Crippen LogP) is 9.77. The van der Waals surface area contributed by atoms with E-state index in [1.165, 1.54) is 67.8 Å². The van der Waals surface area contributed by atoms with Crippen LogP contribution in [-0.2, 0) is 33.1 Å². The summed E-state index contributed by atoms with van der Waals surface area (Å²) in [4.78, 5) is 13.0. The van der Waals surface area contributed by atoms with Gasteiger partial charge in [0.2, 0.25) is 0 Å². The molecule has 5 aromatic rings. The Morgan fingerprint density at radius 1 is 0.796 bits per heavy atom. The van der Waals surface area contributed by atoms with Gasteiger partial charge in [-0.3, -0.25) is 0 Å². The van der Waals surface area contributed by atoms with Gasteiger partial charge in [-0.15, -0.1) is 0 Å². The van der Waals surface area contributed by atoms with E-state index < -0.39 is 39.1 Å². The first kappa shape index (κ1) is 35.2. The molecule has 0 N–H and O–H groups in total. The van der Waals surface area contributed by atoms with E-state index in [1.807, 2.05) is 13.8 Å². The summed E-state index contributed by atoms with van der Waals surface area (Å²) in [5.74, 6) is -0.803. The third-order valence-corrected chi connectivity index (χ3v) is 9.39. The number of esters is 1. The van der Waals surface area contributed by atoms with Crippen molar-refractivity contribution in [2.75, 3.05) is 7.11 Å². The third-order valence-electron chi connectivity index (χ3n) is 7.71. The zero-order chi connectivity index (χ0) is 35.3. The van der Waals surface area contributed by atoms with E-state index in [1.54, 1.807) is 36.4 Å². The second-order valence-corrected chi connectivity index (χ2v) is 13.5. The fourth-order valence-corrected chi connectivity index (χ4v) is 6.53. The van der Waals surface area contributed by atoms with Gasteiger partial charge in [-0.1, -0.05) is 50.2 Å². The van der Waals surface area contributed by atoms with Crippen molar-refractivity contribution in [2.45, 2.75) is 43.2 Å². The molecule has 0 unspecified atom stereocenters. The smallest absolute Gasteiger partial charge is 0.416 e. The standard InChI is InChI=1S/C38H32F4O6S/c1-24(2)34-19-27(23-49(44,45)33-17-15-31(16-18-33)48-30-13-11-29(39)12-14-30)36(37(43)46-3)21-35(34)26-9-7-25(8-10-26)22-47-32-6-4-5-28(20-32)38(40,41)42/h4-21,24H,22-23H2,1-3H3. The predicted molar refractivity (Wildman–Crippen MR) is 177 cm³/mol. The first-order valence-electron chi connectivity index (χ1n) is 15.1. The van der Waals surface area contributed by atoms with Crippen LogP contribution in [0.15, 0.2) is 114 Å². The van der Waals surface area contributed by atoms with Crippen molar-refractivity contribution in [3.8, 4) is 28.4 Å². The maximum atomic E-state index is 13.6. The van der Waals surface area contributed by atoms with Gasteiger partial charge in [0, 0.05) is 0 Å². The monoisotopic (exact) mass is 692 g/mol. The highest BCUT2D eigenvalue weighted by molar-refractivity contribution is 7.90. The highest BCUT2D eigenvalue weighted by Crippen LogP contribution is 2.35. The van der Waals surface area contributed by atoms with Gasteiger partial charge in [0.1, 0.15) is 29.7 Å². The van der Waals surface area contributed by atoms with Crippen molar-refractivity contribution in [1.82, 2.24) is 0 Å². The average molecular weight is 693 g/mol. The number of halogens is 4. The van der Waals surface area contributed by atoms with Crippen molar-refractivity contribution < 1.29 is 45.0 Å². The molecular weight excluding hydrogens is 660 g/mol. The number of carbonyl (C=O) groups excluding carboxylic acids is 1. The van der Waals surface area contributed by atoms with Crippen LogP contribution in [0.2, 0.25) is 0 Å². The Balaban J connectivity index is 1.39. The quantitative estimate of drug-likeness (QED) is 0.101. The molecule has 0 aliphatic heterocycles. The molecule has 0 aromatic heterocycles. The molecule has 0 atom stereocenters. The molecule has 0 aliphatic carbocycles. The number of hydrogen-bond acceptors (Lipinski definition) is 6. The molecule has 0 fully saturated rings. The van der Waals surface area contributed by atoms with Crippen molar-refractivity contribution in [1.29, 1.82) is 0 Å². The molecule has 0 saturated carbocycles. The zero-order valence-corrected chi connectivity index (χ0v) is 27.6. The summed E-state index contributed by atoms with van der Waals surface area (Å²) in [5, 5.41) is 0. The van der Waals surface area contributed by atoms with Crippen molar-refractivity contribution in [3.63, 3.8) is 0 Å². The first-order valence-corrected chi connectivity index (χ1v) is 16.8. The van der Waals surface area contributed by atoms with Crippen molar-refractivity contribution in [2.24, 2.45) is 0 Å². The summed E-state index contributed by atoms with van der Waals surface area (Å²) in [6.45, 7) is 3.93. The molecule has 0 aliphatic rings. The van der Waals surface area contributed by atoms with Crippen LogP contribution in [0, 0.1) is 5.82 Å². The van der Waals surface area contributed by atoms with Crippen LogP contribution in [0.4, 0.5) is 17.6 Å². The minimum atomic E-state index is -4.48. The van der Waals surface area contributed by atoms with E-state index in [2.05, 4.69) is 0 Å². The maximum absolute atomic E-state index is 13.6. The molecule has 0 amide bonds. The first-order chi connectivity index (χ1) is 23.2. The summed E-state index contributed by atoms with van der Waals surface area (Å²) in [7, 11) is -2.71. The Morgan fingerprint density at radius 2 is 1.43 bits per heavy atom. The van der Waals surface area contributed by atoms with Gasteiger partial charge in [-0.25, -0.2) is 17.6 Å². The molecule has 5 aromatic carbocycles. The number of rotatable bonds is 11. The van der Waals surface area contributed by atoms with Crippen LogP contribution < -0.4 is 9.47 Å². The topological polar surface area (TPSA) is 78.9 Å². The number of alkyl halides is 3. The molecule has 0 radical (unpaired) electrons. The minimum absolute atomic E-state index is 0.0212. The number of benzene rings is 5. The number of ether oxygens (including phenoxy) is 3. The van der Waals surface area contributed by atoms with Crippen molar-refractivity contribution >= 4 is 15.8 Å². The molecule has 11 heteroatoms. The summed E-state index contributed by atoms with van der Waals surface area (Å²) in [6.07, 6.45) is -4.48. The summed E-state index contributed by atoms with van der Waals surface area (Å²) in [6, 6.07) is 26.4. The van der Waals surface area contributed by atoms with Gasteiger partial charge in [-0.05, 0) is 107 Å². The SMILES string of the molecule is COC(=O)c1cc(-c2ccc(COc3cccc(C(F)(F)F)c3)cc2)c(C(C)C)cc1CS(=O)(=O)c1ccc(Oc2ccc(F)cc2)cc1. The second-order valence-electron chi connectivity index (χ2n) is 11.5. The van der Waals surface area contributed by atoms with E-state index >= 15 is 0 Å². The maximum Gasteiger partial charge on any atom is 0.416 e. The van der Waals surface area contributed by atoms with E-state index in [0.717, 1.165) is 23.3 Å². The summed E-state index contributed by atoms with van der Waals surface area (Å²) in [5.41, 5.74) is 2.51. The highest BCUT2D eigenvalue weighted by atomic mass is 32.2. The molecular formula is C38H32F4O6S. The molecule has 0 saturated heterocycles. The molecule has 6 nitrogen and oxygen atoms in total. The van der Waals surface area contributed by atoms with E-state index in [-0.39, 0.29) is 34.3 Å². The highest BCUT2D eigenvalue weighted by Gasteiger charge is 2.30. The summed E-state index contributed by atoms with van der Waals surface area (Å²) < 4.78 is 95.9. The number of sulfone groups is 1. The van der Waals surface area contributed by atoms with Gasteiger partial charge in [0.15, 0.2) is 9.84 Å². The lowest BCUT2D eigenvalue weighted by atomic mass is 9.88. The number of hydrogen-bond donors (Lipinski definition) is 0. The van der Waals surface area contributed by atoms with Crippen LogP contribution in [0.3, 0.4) is 0 Å². The second kappa shape index (κ2) is 14.5. The lowest BCUT2D eigenvalue weighted by molar-refractivity contribution is -0.137. The summed E-state index contributed by atoms with van der Waals surface area (Å²) >= 11 is 0. The van der Waals surface area contributed by atoms with E-state index in [4.69, 9.17) is 14.2 Å². The molecule has 0 bridgehead atoms.